The van der Waals surface area contributed by atoms with E-state index in [1.54, 1.807) is 36.5 Å². The average Bonchev–Trinajstić information content (AvgIpc) is 2.48. The van der Waals surface area contributed by atoms with Crippen LogP contribution in [0.5, 0.6) is 0 Å². The number of carbonyl (C=O) groups excluding carboxylic acids is 2. The Bertz CT molecular complexity index is 657. The van der Waals surface area contributed by atoms with E-state index < -0.39 is 0 Å². The Balaban J connectivity index is 2.13. The number of nitrogens with zero attached hydrogens (tertiary/aromatic N) is 2. The van der Waals surface area contributed by atoms with Gasteiger partial charge in [-0.25, -0.2) is 0 Å². The third-order valence-electron chi connectivity index (χ3n) is 2.62. The Hall–Kier alpha value is -2.80. The van der Waals surface area contributed by atoms with Gasteiger partial charge in [-0.2, -0.15) is 5.26 Å². The molecular weight excluding hydrogens is 240 g/mol. The van der Waals surface area contributed by atoms with Gasteiger partial charge in [-0.3, -0.25) is 14.6 Å². The summed E-state index contributed by atoms with van der Waals surface area (Å²) in [4.78, 5) is 27.6. The Labute approximate surface area is 110 Å². The quantitative estimate of drug-likeness (QED) is 0.617. The number of benzene rings is 1. The van der Waals surface area contributed by atoms with Gasteiger partial charge < -0.3 is 0 Å². The van der Waals surface area contributed by atoms with Crippen molar-refractivity contribution in [2.24, 2.45) is 0 Å². The fraction of sp³-hybridized carbons (Fsp3) is 0.0667. The summed E-state index contributed by atoms with van der Waals surface area (Å²) in [6, 6.07) is 11.5. The van der Waals surface area contributed by atoms with Crippen molar-refractivity contribution in [1.82, 2.24) is 4.98 Å². The van der Waals surface area contributed by atoms with Crippen LogP contribution >= 0.6 is 0 Å². The molecule has 1 aromatic carbocycles. The second-order valence-corrected chi connectivity index (χ2v) is 3.96. The molecule has 0 saturated carbocycles. The molecule has 2 rings (SSSR count). The molecule has 19 heavy (non-hydrogen) atoms. The van der Waals surface area contributed by atoms with Crippen LogP contribution in [0.3, 0.4) is 0 Å². The van der Waals surface area contributed by atoms with Crippen LogP contribution in [0.4, 0.5) is 0 Å². The number of ketones is 2. The van der Waals surface area contributed by atoms with Crippen LogP contribution in [0.15, 0.2) is 48.8 Å². The van der Waals surface area contributed by atoms with Crippen LogP contribution in [0, 0.1) is 11.3 Å². The number of hydrogen-bond donors (Lipinski definition) is 0. The standard InChI is InChI=1S/C15H10N2O2/c16-9-11-3-1-4-12(7-11)14(18)8-15(19)13-5-2-6-17-10-13/h1-7,10H,8H2. The van der Waals surface area contributed by atoms with E-state index in [0.717, 1.165) is 0 Å². The highest BCUT2D eigenvalue weighted by molar-refractivity contribution is 6.13. The molecule has 0 aliphatic carbocycles. The van der Waals surface area contributed by atoms with E-state index in [-0.39, 0.29) is 18.0 Å². The van der Waals surface area contributed by atoms with Gasteiger partial charge in [0.25, 0.3) is 0 Å². The molecule has 0 fully saturated rings. The molecule has 0 radical (unpaired) electrons. The summed E-state index contributed by atoms with van der Waals surface area (Å²) in [6.45, 7) is 0. The van der Waals surface area contributed by atoms with E-state index in [1.165, 1.54) is 12.3 Å². The Morgan fingerprint density at radius 1 is 1.11 bits per heavy atom. The molecule has 0 atom stereocenters. The predicted octanol–water partition coefficient (Wildman–Crippen LogP) is 2.41. The fourth-order valence-electron chi connectivity index (χ4n) is 1.64. The summed E-state index contributed by atoms with van der Waals surface area (Å²) < 4.78 is 0. The fourth-order valence-corrected chi connectivity index (χ4v) is 1.64. The zero-order valence-electron chi connectivity index (χ0n) is 10.0. The van der Waals surface area contributed by atoms with E-state index in [2.05, 4.69) is 4.98 Å². The maximum absolute atomic E-state index is 11.9. The van der Waals surface area contributed by atoms with Crippen molar-refractivity contribution in [1.29, 1.82) is 5.26 Å². The van der Waals surface area contributed by atoms with Crippen molar-refractivity contribution >= 4 is 11.6 Å². The molecule has 0 amide bonds. The topological polar surface area (TPSA) is 70.8 Å². The molecule has 0 aliphatic heterocycles. The highest BCUT2D eigenvalue weighted by Gasteiger charge is 2.13. The van der Waals surface area contributed by atoms with Crippen molar-refractivity contribution in [3.63, 3.8) is 0 Å². The van der Waals surface area contributed by atoms with Crippen LogP contribution in [0.25, 0.3) is 0 Å². The minimum Gasteiger partial charge on any atom is -0.294 e. The van der Waals surface area contributed by atoms with Gasteiger partial charge >= 0.3 is 0 Å². The van der Waals surface area contributed by atoms with E-state index in [4.69, 9.17) is 5.26 Å². The van der Waals surface area contributed by atoms with E-state index >= 15 is 0 Å². The summed E-state index contributed by atoms with van der Waals surface area (Å²) in [5.41, 5.74) is 1.18. The Kier molecular flexibility index (Phi) is 3.79. The zero-order valence-corrected chi connectivity index (χ0v) is 10.0. The molecule has 0 bridgehead atoms. The van der Waals surface area contributed by atoms with Gasteiger partial charge in [0.15, 0.2) is 11.6 Å². The second-order valence-electron chi connectivity index (χ2n) is 3.96. The summed E-state index contributed by atoms with van der Waals surface area (Å²) >= 11 is 0. The van der Waals surface area contributed by atoms with E-state index in [9.17, 15) is 9.59 Å². The zero-order chi connectivity index (χ0) is 13.7. The molecule has 92 valence electrons. The first-order chi connectivity index (χ1) is 9.20. The van der Waals surface area contributed by atoms with Gasteiger partial charge in [0.2, 0.25) is 0 Å². The number of hydrogen-bond acceptors (Lipinski definition) is 4. The molecule has 0 spiro atoms. The van der Waals surface area contributed by atoms with E-state index in [0.29, 0.717) is 16.7 Å². The number of rotatable bonds is 4. The maximum atomic E-state index is 11.9. The van der Waals surface area contributed by atoms with Crippen molar-refractivity contribution in [3.05, 3.63) is 65.5 Å². The molecule has 1 heterocycles. The van der Waals surface area contributed by atoms with Crippen molar-refractivity contribution in [3.8, 4) is 6.07 Å². The van der Waals surface area contributed by atoms with Gasteiger partial charge in [-0.1, -0.05) is 12.1 Å². The highest BCUT2D eigenvalue weighted by Crippen LogP contribution is 2.10. The van der Waals surface area contributed by atoms with Gasteiger partial charge in [0.1, 0.15) is 0 Å². The summed E-state index contributed by atoms with van der Waals surface area (Å²) in [5, 5.41) is 8.77. The summed E-state index contributed by atoms with van der Waals surface area (Å²) in [5.74, 6) is -0.577. The highest BCUT2D eigenvalue weighted by atomic mass is 16.1. The molecule has 0 aliphatic rings. The second kappa shape index (κ2) is 5.69. The van der Waals surface area contributed by atoms with Gasteiger partial charge in [0.05, 0.1) is 18.1 Å². The van der Waals surface area contributed by atoms with Crippen molar-refractivity contribution in [2.45, 2.75) is 6.42 Å². The summed E-state index contributed by atoms with van der Waals surface area (Å²) in [7, 11) is 0. The Morgan fingerprint density at radius 2 is 1.84 bits per heavy atom. The van der Waals surface area contributed by atoms with Crippen LogP contribution in [0.2, 0.25) is 0 Å². The van der Waals surface area contributed by atoms with Crippen LogP contribution in [-0.2, 0) is 0 Å². The van der Waals surface area contributed by atoms with Crippen LogP contribution in [-0.4, -0.2) is 16.6 Å². The molecular formula is C15H10N2O2. The molecule has 4 heteroatoms. The first-order valence-electron chi connectivity index (χ1n) is 5.67. The Morgan fingerprint density at radius 3 is 2.53 bits per heavy atom. The number of carbonyl (C=O) groups is 2. The van der Waals surface area contributed by atoms with Crippen LogP contribution in [0.1, 0.15) is 32.7 Å². The first kappa shape index (κ1) is 12.7. The van der Waals surface area contributed by atoms with Gasteiger partial charge in [-0.15, -0.1) is 0 Å². The van der Waals surface area contributed by atoms with Gasteiger partial charge in [-0.05, 0) is 24.3 Å². The largest absolute Gasteiger partial charge is 0.294 e. The predicted molar refractivity (Wildman–Crippen MR) is 68.7 cm³/mol. The first-order valence-corrected chi connectivity index (χ1v) is 5.67. The minimum absolute atomic E-state index is 0.222. The molecule has 2 aromatic rings. The lowest BCUT2D eigenvalue weighted by Gasteiger charge is -2.01. The normalized spacial score (nSPS) is 9.63. The van der Waals surface area contributed by atoms with Gasteiger partial charge in [0, 0.05) is 23.5 Å². The number of nitriles is 1. The number of pyridine rings is 1. The average molecular weight is 250 g/mol. The lowest BCUT2D eigenvalue weighted by molar-refractivity contribution is 0.0894. The monoisotopic (exact) mass is 250 g/mol. The van der Waals surface area contributed by atoms with E-state index in [1.807, 2.05) is 6.07 Å². The van der Waals surface area contributed by atoms with Crippen LogP contribution < -0.4 is 0 Å². The molecule has 4 nitrogen and oxygen atoms in total. The number of Topliss-reactive ketones (excluding diaryl/α,β-unsaturated/α-hetero) is 2. The molecule has 1 aromatic heterocycles. The molecule has 0 unspecified atom stereocenters. The molecule has 0 N–H and O–H groups in total. The maximum Gasteiger partial charge on any atom is 0.172 e. The van der Waals surface area contributed by atoms with Crippen molar-refractivity contribution < 1.29 is 9.59 Å². The summed E-state index contributed by atoms with van der Waals surface area (Å²) in [6.07, 6.45) is 2.77. The smallest absolute Gasteiger partial charge is 0.172 e. The third-order valence-corrected chi connectivity index (χ3v) is 2.62. The molecule has 0 saturated heterocycles. The van der Waals surface area contributed by atoms with Crippen molar-refractivity contribution in [2.75, 3.05) is 0 Å². The minimum atomic E-state index is -0.300. The third kappa shape index (κ3) is 3.11. The number of aromatic nitrogens is 1. The SMILES string of the molecule is N#Cc1cccc(C(=O)CC(=O)c2cccnc2)c1. The lowest BCUT2D eigenvalue weighted by atomic mass is 10.0. The lowest BCUT2D eigenvalue weighted by Crippen LogP contribution is -2.09.